The molecular formula is C29H24N4O2. The minimum Gasteiger partial charge on any atom is -0.462 e. The molecule has 0 fully saturated rings. The molecular weight excluding hydrogens is 436 g/mol. The second kappa shape index (κ2) is 9.67. The van der Waals surface area contributed by atoms with Crippen molar-refractivity contribution in [1.82, 2.24) is 10.2 Å². The third-order valence-corrected chi connectivity index (χ3v) is 5.47. The highest BCUT2D eigenvalue weighted by Gasteiger charge is 2.15. The highest BCUT2D eigenvalue weighted by molar-refractivity contribution is 5.62. The van der Waals surface area contributed by atoms with E-state index < -0.39 is 0 Å². The maximum Gasteiger partial charge on any atom is 0.248 e. The van der Waals surface area contributed by atoms with Gasteiger partial charge in [-0.25, -0.2) is 0 Å². The van der Waals surface area contributed by atoms with Crippen molar-refractivity contribution in [3.05, 3.63) is 101 Å². The van der Waals surface area contributed by atoms with Crippen molar-refractivity contribution in [3.8, 4) is 35.0 Å². The zero-order chi connectivity index (χ0) is 25.0. The quantitative estimate of drug-likeness (QED) is 0.394. The molecule has 0 N–H and O–H groups in total. The first kappa shape index (κ1) is 23.5. The molecule has 2 aromatic carbocycles. The molecule has 172 valence electrons. The predicted octanol–water partition coefficient (Wildman–Crippen LogP) is 6.88. The number of hydrogen-bond acceptors (Lipinski definition) is 6. The minimum atomic E-state index is 0.0481. The van der Waals surface area contributed by atoms with Crippen LogP contribution in [0.5, 0.6) is 0 Å². The van der Waals surface area contributed by atoms with Gasteiger partial charge < -0.3 is 9.15 Å². The van der Waals surface area contributed by atoms with Crippen molar-refractivity contribution in [2.24, 2.45) is 0 Å². The first-order chi connectivity index (χ1) is 16.8. The van der Waals surface area contributed by atoms with Gasteiger partial charge in [-0.15, -0.1) is 10.2 Å². The molecule has 6 nitrogen and oxygen atoms in total. The topological polar surface area (TPSA) is 95.7 Å². The Hall–Kier alpha value is -4.68. The first-order valence-electron chi connectivity index (χ1n) is 11.1. The molecule has 0 bridgehead atoms. The average molecular weight is 461 g/mol. The fourth-order valence-electron chi connectivity index (χ4n) is 3.52. The van der Waals surface area contributed by atoms with Crippen LogP contribution in [0.3, 0.4) is 0 Å². The van der Waals surface area contributed by atoms with Crippen molar-refractivity contribution in [1.29, 1.82) is 10.5 Å². The summed E-state index contributed by atoms with van der Waals surface area (Å²) in [6, 6.07) is 19.7. The molecule has 2 heterocycles. The van der Waals surface area contributed by atoms with Crippen LogP contribution in [-0.2, 0) is 10.2 Å². The summed E-state index contributed by atoms with van der Waals surface area (Å²) in [4.78, 5) is 0. The maximum atomic E-state index is 9.12. The Balaban J connectivity index is 1.49. The number of benzene rings is 2. The molecule has 0 unspecified atom stereocenters. The third kappa shape index (κ3) is 5.46. The summed E-state index contributed by atoms with van der Waals surface area (Å²) in [5.41, 5.74) is 4.55. The van der Waals surface area contributed by atoms with Crippen LogP contribution >= 0.6 is 0 Å². The van der Waals surface area contributed by atoms with E-state index >= 15 is 0 Å². The summed E-state index contributed by atoms with van der Waals surface area (Å²) in [6.45, 7) is 8.31. The molecule has 0 saturated heterocycles. The van der Waals surface area contributed by atoms with E-state index in [1.54, 1.807) is 25.2 Å². The van der Waals surface area contributed by atoms with Gasteiger partial charge in [-0.1, -0.05) is 51.1 Å². The standard InChI is InChI=1S/C29H24N4O2/c1-19-15-23(24(17-30)18-31)16-26(34-19)14-7-20-5-8-21(9-6-20)27-32-33-28(35-27)22-10-12-25(13-11-22)29(2,3)4/h5-16H,1-4H3/b14-7+. The molecule has 6 heteroatoms. The lowest BCUT2D eigenvalue weighted by Gasteiger charge is -2.18. The normalized spacial score (nSPS) is 13.5. The van der Waals surface area contributed by atoms with Gasteiger partial charge in [0.15, 0.2) is 0 Å². The molecule has 0 spiro atoms. The highest BCUT2D eigenvalue weighted by atomic mass is 16.5. The number of rotatable bonds is 4. The molecule has 0 saturated carbocycles. The van der Waals surface area contributed by atoms with Crippen molar-refractivity contribution >= 4 is 6.08 Å². The van der Waals surface area contributed by atoms with E-state index in [4.69, 9.17) is 19.7 Å². The summed E-state index contributed by atoms with van der Waals surface area (Å²) >= 11 is 0. The van der Waals surface area contributed by atoms with Crippen molar-refractivity contribution in [2.45, 2.75) is 33.1 Å². The summed E-state index contributed by atoms with van der Waals surface area (Å²) in [7, 11) is 0. The summed E-state index contributed by atoms with van der Waals surface area (Å²) in [6.07, 6.45) is 7.03. The molecule has 0 aliphatic carbocycles. The van der Waals surface area contributed by atoms with Gasteiger partial charge in [0.25, 0.3) is 0 Å². The van der Waals surface area contributed by atoms with E-state index in [0.29, 0.717) is 28.9 Å². The number of aromatic nitrogens is 2. The highest BCUT2D eigenvalue weighted by Crippen LogP contribution is 2.28. The third-order valence-electron chi connectivity index (χ3n) is 5.47. The Morgan fingerprint density at radius 3 is 1.94 bits per heavy atom. The molecule has 1 aromatic heterocycles. The van der Waals surface area contributed by atoms with Crippen LogP contribution in [0.25, 0.3) is 29.0 Å². The number of ether oxygens (including phenoxy) is 1. The van der Waals surface area contributed by atoms with Gasteiger partial charge in [0.1, 0.15) is 29.2 Å². The van der Waals surface area contributed by atoms with E-state index in [0.717, 1.165) is 16.7 Å². The molecule has 0 atom stereocenters. The van der Waals surface area contributed by atoms with Crippen molar-refractivity contribution < 1.29 is 9.15 Å². The van der Waals surface area contributed by atoms with Gasteiger partial charge in [-0.05, 0) is 66.0 Å². The maximum absolute atomic E-state index is 9.12. The van der Waals surface area contributed by atoms with Crippen molar-refractivity contribution in [3.63, 3.8) is 0 Å². The Bertz CT molecular complexity index is 1430. The van der Waals surface area contributed by atoms with E-state index in [1.807, 2.05) is 54.6 Å². The van der Waals surface area contributed by atoms with Gasteiger partial charge in [-0.2, -0.15) is 10.5 Å². The Morgan fingerprint density at radius 2 is 1.40 bits per heavy atom. The molecule has 1 aliphatic heterocycles. The number of nitriles is 2. The average Bonchev–Trinajstić information content (AvgIpc) is 3.34. The SMILES string of the molecule is CC1=CC(=C(C#N)C#N)C=C(/C=C/c2ccc(-c3nnc(-c4ccc(C(C)(C)C)cc4)o3)cc2)O1. The minimum absolute atomic E-state index is 0.0481. The lowest BCUT2D eigenvalue weighted by Crippen LogP contribution is -2.10. The number of hydrogen-bond donors (Lipinski definition) is 0. The fourth-order valence-corrected chi connectivity index (χ4v) is 3.52. The molecule has 35 heavy (non-hydrogen) atoms. The molecule has 4 rings (SSSR count). The van der Waals surface area contributed by atoms with Gasteiger partial charge in [0.05, 0.1) is 0 Å². The fraction of sp³-hybridized carbons (Fsp3) is 0.172. The van der Waals surface area contributed by atoms with Crippen LogP contribution in [0, 0.1) is 22.7 Å². The van der Waals surface area contributed by atoms with Crippen LogP contribution in [-0.4, -0.2) is 10.2 Å². The first-order valence-corrected chi connectivity index (χ1v) is 11.1. The van der Waals surface area contributed by atoms with E-state index in [1.165, 1.54) is 5.56 Å². The second-order valence-corrected chi connectivity index (χ2v) is 9.15. The van der Waals surface area contributed by atoms with Gasteiger partial charge in [0, 0.05) is 16.7 Å². The van der Waals surface area contributed by atoms with E-state index in [-0.39, 0.29) is 11.0 Å². The Morgan fingerprint density at radius 1 is 0.829 bits per heavy atom. The summed E-state index contributed by atoms with van der Waals surface area (Å²) in [5.74, 6) is 2.09. The molecule has 0 radical (unpaired) electrons. The Kier molecular flexibility index (Phi) is 6.48. The van der Waals surface area contributed by atoms with Crippen LogP contribution in [0.1, 0.15) is 38.8 Å². The van der Waals surface area contributed by atoms with E-state index in [2.05, 4.69) is 43.1 Å². The monoisotopic (exact) mass is 460 g/mol. The zero-order valence-corrected chi connectivity index (χ0v) is 20.0. The largest absolute Gasteiger partial charge is 0.462 e. The van der Waals surface area contributed by atoms with Gasteiger partial charge in [-0.3, -0.25) is 0 Å². The molecule has 0 amide bonds. The smallest absolute Gasteiger partial charge is 0.248 e. The lowest BCUT2D eigenvalue weighted by molar-refractivity contribution is 0.318. The number of allylic oxidation sites excluding steroid dienone is 6. The molecule has 1 aliphatic rings. The van der Waals surface area contributed by atoms with Crippen LogP contribution in [0.15, 0.2) is 93.8 Å². The van der Waals surface area contributed by atoms with Crippen molar-refractivity contribution in [2.75, 3.05) is 0 Å². The second-order valence-electron chi connectivity index (χ2n) is 9.15. The molecule has 3 aromatic rings. The van der Waals surface area contributed by atoms with Crippen LogP contribution < -0.4 is 0 Å². The number of nitrogens with zero attached hydrogens (tertiary/aromatic N) is 4. The van der Waals surface area contributed by atoms with Crippen LogP contribution in [0.2, 0.25) is 0 Å². The lowest BCUT2D eigenvalue weighted by atomic mass is 9.87. The van der Waals surface area contributed by atoms with Gasteiger partial charge in [0.2, 0.25) is 11.8 Å². The van der Waals surface area contributed by atoms with Crippen LogP contribution in [0.4, 0.5) is 0 Å². The zero-order valence-electron chi connectivity index (χ0n) is 20.0. The Labute approximate surface area is 204 Å². The summed E-state index contributed by atoms with van der Waals surface area (Å²) < 4.78 is 11.6. The van der Waals surface area contributed by atoms with E-state index in [9.17, 15) is 0 Å². The predicted molar refractivity (Wildman–Crippen MR) is 134 cm³/mol. The summed E-state index contributed by atoms with van der Waals surface area (Å²) in [5, 5.41) is 26.7. The van der Waals surface area contributed by atoms with Gasteiger partial charge >= 0.3 is 0 Å².